The van der Waals surface area contributed by atoms with Gasteiger partial charge in [-0.05, 0) is 12.1 Å². The van der Waals surface area contributed by atoms with E-state index in [-0.39, 0.29) is 0 Å². The highest BCUT2D eigenvalue weighted by Crippen LogP contribution is 2.40. The zero-order chi connectivity index (χ0) is 13.4. The molecule has 0 atom stereocenters. The molecule has 0 aliphatic rings. The van der Waals surface area contributed by atoms with Gasteiger partial charge in [0.2, 0.25) is 0 Å². The minimum absolute atomic E-state index is 0.550. The molecule has 0 N–H and O–H groups in total. The van der Waals surface area contributed by atoms with Crippen LogP contribution < -0.4 is 0 Å². The van der Waals surface area contributed by atoms with E-state index in [4.69, 9.17) is 22.3 Å². The topological polar surface area (TPSA) is 120 Å². The molecular formula is C6H2Cl2N2O6S. The van der Waals surface area contributed by atoms with Crippen molar-refractivity contribution < 1.29 is 18.3 Å². The Balaban J connectivity index is 3.85. The first-order valence-electron chi connectivity index (χ1n) is 3.72. The highest BCUT2D eigenvalue weighted by molar-refractivity contribution is 8.13. The van der Waals surface area contributed by atoms with Crippen molar-refractivity contribution in [2.45, 2.75) is 4.90 Å². The summed E-state index contributed by atoms with van der Waals surface area (Å²) < 4.78 is 22.1. The molecule has 0 spiro atoms. The first-order chi connectivity index (χ1) is 7.66. The molecule has 0 bridgehead atoms. The van der Waals surface area contributed by atoms with Gasteiger partial charge in [0, 0.05) is 10.7 Å². The van der Waals surface area contributed by atoms with E-state index in [1.807, 2.05) is 0 Å². The molecule has 11 heteroatoms. The van der Waals surface area contributed by atoms with Crippen LogP contribution in [0.15, 0.2) is 17.0 Å². The molecule has 0 heterocycles. The molecule has 0 aliphatic heterocycles. The summed E-state index contributed by atoms with van der Waals surface area (Å²) in [5, 5.41) is 20.7. The van der Waals surface area contributed by atoms with Gasteiger partial charge in [0.05, 0.1) is 9.85 Å². The molecule has 0 aliphatic carbocycles. The fraction of sp³-hybridized carbons (Fsp3) is 0. The Hall–Kier alpha value is -1.45. The molecular weight excluding hydrogens is 299 g/mol. The van der Waals surface area contributed by atoms with Crippen molar-refractivity contribution in [3.8, 4) is 0 Å². The van der Waals surface area contributed by atoms with Gasteiger partial charge in [-0.3, -0.25) is 20.2 Å². The van der Waals surface area contributed by atoms with Crippen molar-refractivity contribution in [1.82, 2.24) is 0 Å². The fourth-order valence-electron chi connectivity index (χ4n) is 1.08. The van der Waals surface area contributed by atoms with Gasteiger partial charge in [-0.25, -0.2) is 8.42 Å². The van der Waals surface area contributed by atoms with Gasteiger partial charge < -0.3 is 0 Å². The Morgan fingerprint density at radius 1 is 1.06 bits per heavy atom. The second-order valence-electron chi connectivity index (χ2n) is 2.69. The Kier molecular flexibility index (Phi) is 3.55. The maximum Gasteiger partial charge on any atom is 0.367 e. The predicted molar refractivity (Wildman–Crippen MR) is 57.8 cm³/mol. The van der Waals surface area contributed by atoms with Crippen LogP contribution in [-0.2, 0) is 9.05 Å². The van der Waals surface area contributed by atoms with Crippen molar-refractivity contribution in [2.75, 3.05) is 0 Å². The zero-order valence-corrected chi connectivity index (χ0v) is 9.99. The Bertz CT molecular complexity index is 613. The third kappa shape index (κ3) is 2.62. The summed E-state index contributed by atoms with van der Waals surface area (Å²) in [4.78, 5) is 17.9. The third-order valence-corrected chi connectivity index (χ3v) is 3.35. The van der Waals surface area contributed by atoms with Crippen LogP contribution in [0.5, 0.6) is 0 Å². The van der Waals surface area contributed by atoms with Crippen LogP contribution in [0.4, 0.5) is 11.4 Å². The Labute approximate surface area is 103 Å². The van der Waals surface area contributed by atoms with E-state index in [2.05, 4.69) is 0 Å². The van der Waals surface area contributed by atoms with Crippen LogP contribution >= 0.6 is 22.3 Å². The molecule has 0 amide bonds. The molecule has 1 aromatic rings. The third-order valence-electron chi connectivity index (χ3n) is 1.69. The molecule has 92 valence electrons. The SMILES string of the molecule is O=[N+]([O-])c1c(Cl)ccc(S(=O)(=O)Cl)c1[N+](=O)[O-]. The quantitative estimate of drug-likeness (QED) is 0.478. The van der Waals surface area contributed by atoms with E-state index < -0.39 is 40.2 Å². The van der Waals surface area contributed by atoms with Crippen molar-refractivity contribution in [1.29, 1.82) is 0 Å². The van der Waals surface area contributed by atoms with Gasteiger partial charge in [0.15, 0.2) is 4.90 Å². The summed E-state index contributed by atoms with van der Waals surface area (Å²) in [6.07, 6.45) is 0. The second-order valence-corrected chi connectivity index (χ2v) is 5.64. The molecule has 0 saturated heterocycles. The maximum atomic E-state index is 11.0. The number of benzene rings is 1. The monoisotopic (exact) mass is 300 g/mol. The molecule has 0 fully saturated rings. The lowest BCUT2D eigenvalue weighted by Crippen LogP contribution is -2.03. The van der Waals surface area contributed by atoms with Crippen molar-refractivity contribution in [2.24, 2.45) is 0 Å². The number of nitrogens with zero attached hydrogens (tertiary/aromatic N) is 2. The summed E-state index contributed by atoms with van der Waals surface area (Å²) in [6, 6.07) is 1.58. The van der Waals surface area contributed by atoms with Crippen molar-refractivity contribution in [3.63, 3.8) is 0 Å². The number of hydrogen-bond donors (Lipinski definition) is 0. The van der Waals surface area contributed by atoms with Gasteiger partial charge in [-0.15, -0.1) is 0 Å². The number of rotatable bonds is 3. The first-order valence-corrected chi connectivity index (χ1v) is 6.41. The molecule has 0 saturated carbocycles. The van der Waals surface area contributed by atoms with Crippen LogP contribution in [-0.4, -0.2) is 18.3 Å². The van der Waals surface area contributed by atoms with Crippen LogP contribution in [0.2, 0.25) is 5.02 Å². The number of nitro benzene ring substituents is 2. The lowest BCUT2D eigenvalue weighted by atomic mass is 10.3. The average Bonchev–Trinajstić information content (AvgIpc) is 2.14. The maximum absolute atomic E-state index is 11.0. The summed E-state index contributed by atoms with van der Waals surface area (Å²) in [5.74, 6) is 0. The minimum atomic E-state index is -4.48. The molecule has 0 aromatic heterocycles. The Morgan fingerprint density at radius 2 is 1.53 bits per heavy atom. The normalized spacial score (nSPS) is 11.2. The highest BCUT2D eigenvalue weighted by Gasteiger charge is 2.36. The smallest absolute Gasteiger partial charge is 0.258 e. The van der Waals surface area contributed by atoms with Crippen LogP contribution in [0.3, 0.4) is 0 Å². The van der Waals surface area contributed by atoms with Crippen LogP contribution in [0, 0.1) is 20.2 Å². The molecule has 8 nitrogen and oxygen atoms in total. The first kappa shape index (κ1) is 13.6. The highest BCUT2D eigenvalue weighted by atomic mass is 35.7. The van der Waals surface area contributed by atoms with Crippen LogP contribution in [0.1, 0.15) is 0 Å². The van der Waals surface area contributed by atoms with Gasteiger partial charge in [0.25, 0.3) is 9.05 Å². The average molecular weight is 301 g/mol. The van der Waals surface area contributed by atoms with E-state index in [9.17, 15) is 28.6 Å². The van der Waals surface area contributed by atoms with Crippen molar-refractivity contribution in [3.05, 3.63) is 37.4 Å². The van der Waals surface area contributed by atoms with Gasteiger partial charge in [-0.1, -0.05) is 11.6 Å². The number of hydrogen-bond acceptors (Lipinski definition) is 6. The van der Waals surface area contributed by atoms with E-state index in [1.165, 1.54) is 0 Å². The van der Waals surface area contributed by atoms with E-state index in [0.29, 0.717) is 0 Å². The minimum Gasteiger partial charge on any atom is -0.258 e. The standard InChI is InChI=1S/C6H2Cl2N2O6S/c7-3-1-2-4(17(8,15)16)6(10(13)14)5(3)9(11)12/h1-2H. The van der Waals surface area contributed by atoms with Gasteiger partial charge in [0.1, 0.15) is 5.02 Å². The molecule has 17 heavy (non-hydrogen) atoms. The van der Waals surface area contributed by atoms with E-state index >= 15 is 0 Å². The number of nitro groups is 2. The predicted octanol–water partition coefficient (Wildman–Crippen LogP) is 2.08. The second kappa shape index (κ2) is 4.43. The molecule has 1 rings (SSSR count). The molecule has 1 aromatic carbocycles. The lowest BCUT2D eigenvalue weighted by molar-refractivity contribution is -0.424. The van der Waals surface area contributed by atoms with Gasteiger partial charge in [-0.2, -0.15) is 0 Å². The Morgan fingerprint density at radius 3 is 1.88 bits per heavy atom. The van der Waals surface area contributed by atoms with Crippen LogP contribution in [0.25, 0.3) is 0 Å². The van der Waals surface area contributed by atoms with Gasteiger partial charge >= 0.3 is 11.4 Å². The van der Waals surface area contributed by atoms with Crippen molar-refractivity contribution >= 4 is 42.7 Å². The largest absolute Gasteiger partial charge is 0.367 e. The summed E-state index contributed by atoms with van der Waals surface area (Å²) in [7, 11) is 0.455. The summed E-state index contributed by atoms with van der Waals surface area (Å²) in [5.41, 5.74) is -2.36. The molecule has 0 radical (unpaired) electrons. The van der Waals surface area contributed by atoms with E-state index in [0.717, 1.165) is 12.1 Å². The fourth-order valence-corrected chi connectivity index (χ4v) is 2.31. The summed E-state index contributed by atoms with van der Waals surface area (Å²) in [6.45, 7) is 0. The lowest BCUT2D eigenvalue weighted by Gasteiger charge is -2.01. The zero-order valence-electron chi connectivity index (χ0n) is 7.66. The van der Waals surface area contributed by atoms with E-state index in [1.54, 1.807) is 0 Å². The number of halogens is 2. The molecule has 0 unspecified atom stereocenters. The summed E-state index contributed by atoms with van der Waals surface area (Å²) >= 11 is 5.41.